The van der Waals surface area contributed by atoms with Crippen molar-refractivity contribution in [2.24, 2.45) is 17.3 Å². The molecule has 2 aromatic carbocycles. The van der Waals surface area contributed by atoms with E-state index in [2.05, 4.69) is 5.32 Å². The lowest BCUT2D eigenvalue weighted by molar-refractivity contribution is -0.151. The molecule has 0 fully saturated rings. The Morgan fingerprint density at radius 3 is 2.39 bits per heavy atom. The summed E-state index contributed by atoms with van der Waals surface area (Å²) in [5, 5.41) is 12.6. The van der Waals surface area contributed by atoms with Gasteiger partial charge in [0.2, 0.25) is 11.8 Å². The zero-order valence-corrected chi connectivity index (χ0v) is 24.4. The van der Waals surface area contributed by atoms with Crippen LogP contribution in [0.3, 0.4) is 0 Å². The highest BCUT2D eigenvalue weighted by molar-refractivity contribution is 5.86. The molecule has 1 aliphatic rings. The summed E-state index contributed by atoms with van der Waals surface area (Å²) in [4.78, 5) is 41.6. The fourth-order valence-corrected chi connectivity index (χ4v) is 4.80. The Morgan fingerprint density at radius 1 is 1.02 bits per heavy atom. The average Bonchev–Trinajstić information content (AvgIpc) is 2.94. The molecule has 1 heterocycles. The number of hydrogen-bond donors (Lipinski definition) is 2. The SMILES string of the molecule is CC(C)(C)[C@@H]1COC(=O)[C@@H](Cc2ccc(F)cc2)CC/C=C\C[C@@H](CC(=O)N(CCO)Cc2ccccc2)C(=O)N1. The highest BCUT2D eigenvalue weighted by Gasteiger charge is 2.32. The fourth-order valence-electron chi connectivity index (χ4n) is 4.80. The van der Waals surface area contributed by atoms with Crippen molar-refractivity contribution in [2.75, 3.05) is 19.8 Å². The van der Waals surface area contributed by atoms with Crippen molar-refractivity contribution in [3.05, 3.63) is 83.7 Å². The molecule has 0 aliphatic carbocycles. The first-order chi connectivity index (χ1) is 19.6. The largest absolute Gasteiger partial charge is 0.463 e. The Balaban J connectivity index is 1.77. The van der Waals surface area contributed by atoms with Gasteiger partial charge in [0.15, 0.2) is 0 Å². The third-order valence-electron chi connectivity index (χ3n) is 7.48. The molecular weight excluding hydrogens is 523 g/mol. The van der Waals surface area contributed by atoms with Gasteiger partial charge in [-0.3, -0.25) is 14.4 Å². The van der Waals surface area contributed by atoms with E-state index in [0.717, 1.165) is 11.1 Å². The molecule has 1 aliphatic heterocycles. The van der Waals surface area contributed by atoms with Gasteiger partial charge in [-0.2, -0.15) is 0 Å². The van der Waals surface area contributed by atoms with Crippen LogP contribution in [0.5, 0.6) is 0 Å². The van der Waals surface area contributed by atoms with Crippen LogP contribution in [-0.2, 0) is 32.1 Å². The van der Waals surface area contributed by atoms with E-state index in [-0.39, 0.29) is 49.8 Å². The Hall–Kier alpha value is -3.52. The van der Waals surface area contributed by atoms with Gasteiger partial charge >= 0.3 is 5.97 Å². The van der Waals surface area contributed by atoms with Crippen molar-refractivity contribution < 1.29 is 28.6 Å². The van der Waals surface area contributed by atoms with Crippen molar-refractivity contribution in [3.63, 3.8) is 0 Å². The van der Waals surface area contributed by atoms with Gasteiger partial charge in [0.1, 0.15) is 12.4 Å². The first kappa shape index (κ1) is 32.0. The standard InChI is InChI=1S/C33H43FN2O5/c1-33(2,3)29-23-41-32(40)27(20-24-14-16-28(34)17-15-24)13-9-5-8-12-26(31(39)35-29)21-30(38)36(18-19-37)22-25-10-6-4-7-11-25/h4-8,10-11,14-17,26-27,29,37H,9,12-13,18-23H2,1-3H3,(H,35,39)/b8-5-/t26-,27+,29-/m0/s1. The molecule has 0 saturated carbocycles. The number of halogens is 1. The first-order valence-corrected chi connectivity index (χ1v) is 14.4. The normalized spacial score (nSPS) is 21.4. The molecule has 0 spiro atoms. The van der Waals surface area contributed by atoms with Crippen LogP contribution >= 0.6 is 0 Å². The molecule has 0 unspecified atom stereocenters. The van der Waals surface area contributed by atoms with Crippen LogP contribution in [-0.4, -0.2) is 53.6 Å². The zero-order chi connectivity index (χ0) is 29.8. The monoisotopic (exact) mass is 566 g/mol. The second kappa shape index (κ2) is 15.5. The van der Waals surface area contributed by atoms with Crippen LogP contribution in [0.4, 0.5) is 4.39 Å². The molecule has 41 heavy (non-hydrogen) atoms. The van der Waals surface area contributed by atoms with E-state index in [4.69, 9.17) is 4.74 Å². The number of aliphatic hydroxyl groups excluding tert-OH is 1. The molecule has 0 bridgehead atoms. The third-order valence-corrected chi connectivity index (χ3v) is 7.48. The number of carbonyl (C=O) groups excluding carboxylic acids is 3. The van der Waals surface area contributed by atoms with Gasteiger partial charge in [0.05, 0.1) is 24.5 Å². The van der Waals surface area contributed by atoms with Crippen molar-refractivity contribution in [3.8, 4) is 0 Å². The first-order valence-electron chi connectivity index (χ1n) is 14.4. The van der Waals surface area contributed by atoms with Crippen LogP contribution < -0.4 is 5.32 Å². The zero-order valence-electron chi connectivity index (χ0n) is 24.4. The number of nitrogens with one attached hydrogen (secondary N) is 1. The van der Waals surface area contributed by atoms with Crippen LogP contribution in [0.1, 0.15) is 57.6 Å². The van der Waals surface area contributed by atoms with Gasteiger partial charge in [-0.25, -0.2) is 4.39 Å². The molecule has 2 amide bonds. The maximum absolute atomic E-state index is 13.5. The predicted octanol–water partition coefficient (Wildman–Crippen LogP) is 4.83. The highest BCUT2D eigenvalue weighted by atomic mass is 19.1. The van der Waals surface area contributed by atoms with E-state index < -0.39 is 23.3 Å². The van der Waals surface area contributed by atoms with Gasteiger partial charge in [0.25, 0.3) is 0 Å². The quantitative estimate of drug-likeness (QED) is 0.353. The third kappa shape index (κ3) is 10.4. The van der Waals surface area contributed by atoms with Gasteiger partial charge in [-0.05, 0) is 54.4 Å². The summed E-state index contributed by atoms with van der Waals surface area (Å²) in [6.45, 7) is 6.24. The molecule has 0 aromatic heterocycles. The van der Waals surface area contributed by atoms with Gasteiger partial charge in [-0.15, -0.1) is 0 Å². The summed E-state index contributed by atoms with van der Waals surface area (Å²) >= 11 is 0. The van der Waals surface area contributed by atoms with Gasteiger partial charge < -0.3 is 20.1 Å². The minimum absolute atomic E-state index is 0.00668. The number of esters is 1. The van der Waals surface area contributed by atoms with Crippen molar-refractivity contribution in [2.45, 2.75) is 65.5 Å². The van der Waals surface area contributed by atoms with Crippen LogP contribution in [0.15, 0.2) is 66.7 Å². The van der Waals surface area contributed by atoms with E-state index in [0.29, 0.717) is 32.2 Å². The van der Waals surface area contributed by atoms with Crippen molar-refractivity contribution in [1.29, 1.82) is 0 Å². The van der Waals surface area contributed by atoms with E-state index in [1.807, 2.05) is 63.3 Å². The number of amides is 2. The lowest BCUT2D eigenvalue weighted by Gasteiger charge is -2.33. The maximum atomic E-state index is 13.5. The smallest absolute Gasteiger partial charge is 0.309 e. The molecule has 8 heteroatoms. The molecule has 0 saturated heterocycles. The van der Waals surface area contributed by atoms with Crippen molar-refractivity contribution in [1.82, 2.24) is 10.2 Å². The summed E-state index contributed by atoms with van der Waals surface area (Å²) < 4.78 is 19.1. The number of hydrogen-bond acceptors (Lipinski definition) is 5. The van der Waals surface area contributed by atoms with Gasteiger partial charge in [-0.1, -0.05) is 75.4 Å². The Kier molecular flexibility index (Phi) is 12.1. The van der Waals surface area contributed by atoms with Crippen LogP contribution in [0, 0.1) is 23.1 Å². The Bertz CT molecular complexity index is 1160. The maximum Gasteiger partial charge on any atom is 0.309 e. The Morgan fingerprint density at radius 2 is 1.73 bits per heavy atom. The molecule has 3 rings (SSSR count). The summed E-state index contributed by atoms with van der Waals surface area (Å²) in [5.74, 6) is -2.19. The number of nitrogens with zero attached hydrogens (tertiary/aromatic N) is 1. The van der Waals surface area contributed by atoms with Gasteiger partial charge in [0, 0.05) is 19.5 Å². The summed E-state index contributed by atoms with van der Waals surface area (Å²) in [7, 11) is 0. The van der Waals surface area contributed by atoms with Crippen molar-refractivity contribution >= 4 is 17.8 Å². The molecule has 2 aromatic rings. The topological polar surface area (TPSA) is 95.9 Å². The molecule has 3 atom stereocenters. The number of carbonyl (C=O) groups is 3. The van der Waals surface area contributed by atoms with E-state index in [9.17, 15) is 23.9 Å². The number of cyclic esters (lactones) is 1. The average molecular weight is 567 g/mol. The lowest BCUT2D eigenvalue weighted by Crippen LogP contribution is -2.50. The van der Waals surface area contributed by atoms with E-state index in [1.165, 1.54) is 12.1 Å². The van der Waals surface area contributed by atoms with Crippen LogP contribution in [0.2, 0.25) is 0 Å². The molecule has 2 N–H and O–H groups in total. The Labute approximate surface area is 242 Å². The summed E-state index contributed by atoms with van der Waals surface area (Å²) in [6, 6.07) is 15.2. The summed E-state index contributed by atoms with van der Waals surface area (Å²) in [5.41, 5.74) is 1.38. The fraction of sp³-hybridized carbons (Fsp3) is 0.485. The minimum atomic E-state index is -0.618. The number of ether oxygens (including phenoxy) is 1. The highest BCUT2D eigenvalue weighted by Crippen LogP contribution is 2.24. The lowest BCUT2D eigenvalue weighted by atomic mass is 9.86. The predicted molar refractivity (Wildman–Crippen MR) is 156 cm³/mol. The molecule has 7 nitrogen and oxygen atoms in total. The van der Waals surface area contributed by atoms with E-state index in [1.54, 1.807) is 17.0 Å². The second-order valence-corrected chi connectivity index (χ2v) is 11.8. The molecule has 222 valence electrons. The molecular formula is C33H43FN2O5. The number of allylic oxidation sites excluding steroid dienone is 2. The number of rotatable bonds is 8. The van der Waals surface area contributed by atoms with Crippen LogP contribution in [0.25, 0.3) is 0 Å². The van der Waals surface area contributed by atoms with E-state index >= 15 is 0 Å². The second-order valence-electron chi connectivity index (χ2n) is 11.8. The summed E-state index contributed by atoms with van der Waals surface area (Å²) in [6.07, 6.45) is 5.76. The minimum Gasteiger partial charge on any atom is -0.463 e. The number of aliphatic hydroxyl groups is 1. The number of benzene rings is 2. The molecule has 0 radical (unpaired) electrons.